The van der Waals surface area contributed by atoms with Gasteiger partial charge in [-0.15, -0.1) is 0 Å². The monoisotopic (exact) mass is 228 g/mol. The molecule has 0 aliphatic heterocycles. The lowest BCUT2D eigenvalue weighted by Crippen LogP contribution is -2.11. The van der Waals surface area contributed by atoms with Crippen molar-refractivity contribution in [3.8, 4) is 5.75 Å². The van der Waals surface area contributed by atoms with Crippen LogP contribution in [0.2, 0.25) is 0 Å². The molecule has 1 aromatic carbocycles. The van der Waals surface area contributed by atoms with Gasteiger partial charge < -0.3 is 9.84 Å². The van der Waals surface area contributed by atoms with Crippen molar-refractivity contribution in [1.29, 1.82) is 0 Å². The summed E-state index contributed by atoms with van der Waals surface area (Å²) in [4.78, 5) is 0. The smallest absolute Gasteiger partial charge is 0.267 e. The molecule has 0 unspecified atom stereocenters. The van der Waals surface area contributed by atoms with Crippen molar-refractivity contribution in [1.82, 2.24) is 0 Å². The fourth-order valence-electron chi connectivity index (χ4n) is 1.77. The van der Waals surface area contributed by atoms with Crippen molar-refractivity contribution in [3.05, 3.63) is 29.3 Å². The highest BCUT2D eigenvalue weighted by Gasteiger charge is 2.40. The Kier molecular flexibility index (Phi) is 2.84. The van der Waals surface area contributed by atoms with Gasteiger partial charge in [0.05, 0.1) is 18.3 Å². The van der Waals surface area contributed by atoms with Gasteiger partial charge in [0, 0.05) is 6.42 Å². The van der Waals surface area contributed by atoms with E-state index in [1.54, 1.807) is 6.07 Å². The lowest BCUT2D eigenvalue weighted by molar-refractivity contribution is 0.144. The Bertz CT molecular complexity index is 387. The molecule has 1 fully saturated rings. The standard InChI is InChI=1S/C12H14F2O2/c1-16-10-3-2-8(6-9(10)11(13)14)7-12(15)4-5-12/h2-3,6,11,15H,4-5,7H2,1H3. The normalized spacial score (nSPS) is 17.6. The van der Waals surface area contributed by atoms with Crippen molar-refractivity contribution in [2.24, 2.45) is 0 Å². The third-order valence-electron chi connectivity index (χ3n) is 2.89. The van der Waals surface area contributed by atoms with Crippen molar-refractivity contribution in [2.45, 2.75) is 31.3 Å². The summed E-state index contributed by atoms with van der Waals surface area (Å²) in [5, 5.41) is 9.72. The van der Waals surface area contributed by atoms with E-state index in [1.807, 2.05) is 0 Å². The zero-order valence-electron chi connectivity index (χ0n) is 9.04. The molecule has 0 radical (unpaired) electrons. The van der Waals surface area contributed by atoms with Gasteiger partial charge in [-0.3, -0.25) is 0 Å². The minimum Gasteiger partial charge on any atom is -0.496 e. The van der Waals surface area contributed by atoms with Crippen LogP contribution >= 0.6 is 0 Å². The lowest BCUT2D eigenvalue weighted by Gasteiger charge is -2.12. The molecule has 0 saturated heterocycles. The fraction of sp³-hybridized carbons (Fsp3) is 0.500. The number of hydrogen-bond donors (Lipinski definition) is 1. The number of hydrogen-bond acceptors (Lipinski definition) is 2. The first-order chi connectivity index (χ1) is 7.54. The fourth-order valence-corrected chi connectivity index (χ4v) is 1.77. The maximum Gasteiger partial charge on any atom is 0.267 e. The van der Waals surface area contributed by atoms with Gasteiger partial charge in [-0.05, 0) is 30.5 Å². The molecule has 1 aliphatic rings. The molecule has 0 spiro atoms. The minimum absolute atomic E-state index is 0.107. The Labute approximate surface area is 92.9 Å². The summed E-state index contributed by atoms with van der Waals surface area (Å²) in [5.74, 6) is 0.196. The second-order valence-corrected chi connectivity index (χ2v) is 4.28. The van der Waals surface area contributed by atoms with Gasteiger partial charge in [-0.25, -0.2) is 8.78 Å². The summed E-state index contributed by atoms with van der Waals surface area (Å²) in [5.41, 5.74) is -0.0334. The van der Waals surface area contributed by atoms with Crippen LogP contribution < -0.4 is 4.74 Å². The number of benzene rings is 1. The van der Waals surface area contributed by atoms with E-state index in [0.29, 0.717) is 6.42 Å². The number of aliphatic hydroxyl groups is 1. The average Bonchev–Trinajstić information content (AvgIpc) is 2.96. The molecule has 16 heavy (non-hydrogen) atoms. The molecule has 0 bridgehead atoms. The molecule has 2 nitrogen and oxygen atoms in total. The van der Waals surface area contributed by atoms with E-state index in [9.17, 15) is 13.9 Å². The van der Waals surface area contributed by atoms with Crippen LogP contribution in [0.5, 0.6) is 5.75 Å². The van der Waals surface area contributed by atoms with Crippen LogP contribution in [0.15, 0.2) is 18.2 Å². The predicted octanol–water partition coefficient (Wildman–Crippen LogP) is 2.70. The van der Waals surface area contributed by atoms with Crippen LogP contribution in [0.1, 0.15) is 30.4 Å². The zero-order valence-corrected chi connectivity index (χ0v) is 9.04. The Morgan fingerprint density at radius 3 is 2.62 bits per heavy atom. The number of ether oxygens (including phenoxy) is 1. The summed E-state index contributed by atoms with van der Waals surface area (Å²) >= 11 is 0. The highest BCUT2D eigenvalue weighted by molar-refractivity contribution is 5.39. The maximum atomic E-state index is 12.7. The quantitative estimate of drug-likeness (QED) is 0.858. The van der Waals surface area contributed by atoms with Gasteiger partial charge in [0.25, 0.3) is 6.43 Å². The first-order valence-corrected chi connectivity index (χ1v) is 5.21. The van der Waals surface area contributed by atoms with Gasteiger partial charge in [-0.2, -0.15) is 0 Å². The van der Waals surface area contributed by atoms with Gasteiger partial charge in [0.15, 0.2) is 0 Å². The number of rotatable bonds is 4. The Hall–Kier alpha value is -1.16. The van der Waals surface area contributed by atoms with Crippen molar-refractivity contribution in [2.75, 3.05) is 7.11 Å². The molecule has 0 heterocycles. The maximum absolute atomic E-state index is 12.7. The van der Waals surface area contributed by atoms with Crippen LogP contribution in [-0.4, -0.2) is 17.8 Å². The van der Waals surface area contributed by atoms with Gasteiger partial charge in [-0.1, -0.05) is 6.07 Å². The minimum atomic E-state index is -2.55. The molecule has 0 amide bonds. The molecule has 4 heteroatoms. The Balaban J connectivity index is 2.24. The largest absolute Gasteiger partial charge is 0.496 e. The Morgan fingerprint density at radius 1 is 1.44 bits per heavy atom. The number of alkyl halides is 2. The first-order valence-electron chi connectivity index (χ1n) is 5.21. The van der Waals surface area contributed by atoms with Crippen LogP contribution in [0.4, 0.5) is 8.78 Å². The van der Waals surface area contributed by atoms with Crippen LogP contribution in [0, 0.1) is 0 Å². The van der Waals surface area contributed by atoms with E-state index in [-0.39, 0.29) is 11.3 Å². The van der Waals surface area contributed by atoms with Gasteiger partial charge in [0.1, 0.15) is 5.75 Å². The van der Waals surface area contributed by atoms with Crippen LogP contribution in [0.25, 0.3) is 0 Å². The van der Waals surface area contributed by atoms with E-state index in [4.69, 9.17) is 4.74 Å². The SMILES string of the molecule is COc1ccc(CC2(O)CC2)cc1C(F)F. The average molecular weight is 228 g/mol. The second kappa shape index (κ2) is 4.01. The molecular formula is C12H14F2O2. The summed E-state index contributed by atoms with van der Waals surface area (Å²) in [6, 6.07) is 4.67. The molecular weight excluding hydrogens is 214 g/mol. The predicted molar refractivity (Wildman–Crippen MR) is 55.8 cm³/mol. The molecule has 1 saturated carbocycles. The van der Waals surface area contributed by atoms with E-state index >= 15 is 0 Å². The first kappa shape index (κ1) is 11.3. The van der Waals surface area contributed by atoms with Crippen LogP contribution in [0.3, 0.4) is 0 Å². The molecule has 1 aromatic rings. The molecule has 0 atom stereocenters. The van der Waals surface area contributed by atoms with E-state index in [0.717, 1.165) is 18.4 Å². The summed E-state index contributed by atoms with van der Waals surface area (Å²) in [6.07, 6.45) is -0.605. The van der Waals surface area contributed by atoms with E-state index < -0.39 is 12.0 Å². The summed E-state index contributed by atoms with van der Waals surface area (Å²) < 4.78 is 30.3. The molecule has 0 aromatic heterocycles. The Morgan fingerprint density at radius 2 is 2.12 bits per heavy atom. The van der Waals surface area contributed by atoms with Crippen molar-refractivity contribution in [3.63, 3.8) is 0 Å². The molecule has 2 rings (SSSR count). The second-order valence-electron chi connectivity index (χ2n) is 4.28. The van der Waals surface area contributed by atoms with Gasteiger partial charge in [0.2, 0.25) is 0 Å². The van der Waals surface area contributed by atoms with Gasteiger partial charge >= 0.3 is 0 Å². The van der Waals surface area contributed by atoms with Crippen molar-refractivity contribution >= 4 is 0 Å². The third kappa shape index (κ3) is 2.32. The van der Waals surface area contributed by atoms with Crippen molar-refractivity contribution < 1.29 is 18.6 Å². The highest BCUT2D eigenvalue weighted by atomic mass is 19.3. The summed E-state index contributed by atoms with van der Waals surface area (Å²) in [7, 11) is 1.37. The molecule has 1 N–H and O–H groups in total. The third-order valence-corrected chi connectivity index (χ3v) is 2.89. The molecule has 88 valence electrons. The molecule has 1 aliphatic carbocycles. The van der Waals surface area contributed by atoms with E-state index in [2.05, 4.69) is 0 Å². The summed E-state index contributed by atoms with van der Waals surface area (Å²) in [6.45, 7) is 0. The lowest BCUT2D eigenvalue weighted by atomic mass is 10.0. The highest BCUT2D eigenvalue weighted by Crippen LogP contribution is 2.39. The van der Waals surface area contributed by atoms with E-state index in [1.165, 1.54) is 19.2 Å². The zero-order chi connectivity index (χ0) is 11.8. The topological polar surface area (TPSA) is 29.5 Å². The van der Waals surface area contributed by atoms with Crippen LogP contribution in [-0.2, 0) is 6.42 Å². The number of methoxy groups -OCH3 is 1. The number of halogens is 2.